The van der Waals surface area contributed by atoms with Crippen molar-refractivity contribution in [1.82, 2.24) is 5.32 Å². The van der Waals surface area contributed by atoms with Crippen LogP contribution in [0.1, 0.15) is 309 Å². The van der Waals surface area contributed by atoms with Crippen molar-refractivity contribution in [2.75, 3.05) is 19.8 Å². The largest absolute Gasteiger partial charge is 0.394 e. The van der Waals surface area contributed by atoms with E-state index in [1.165, 1.54) is 173 Å². The van der Waals surface area contributed by atoms with Gasteiger partial charge in [0.05, 0.1) is 32.0 Å². The molecule has 0 saturated carbocycles. The summed E-state index contributed by atoms with van der Waals surface area (Å²) in [4.78, 5) is 13.4. The molecule has 14 nitrogen and oxygen atoms in total. The minimum atomic E-state index is -1.80. The minimum Gasteiger partial charge on any atom is -0.394 e. The molecule has 9 N–H and O–H groups in total. The Balaban J connectivity index is 1.63. The molecule has 12 unspecified atom stereocenters. The van der Waals surface area contributed by atoms with Gasteiger partial charge in [0.2, 0.25) is 5.91 Å². The van der Waals surface area contributed by atoms with E-state index < -0.39 is 86.8 Å². The molecule has 2 heterocycles. The number of carbonyl (C=O) groups is 1. The average molecular weight is 1400 g/mol. The fourth-order valence-electron chi connectivity index (χ4n) is 12.5. The van der Waals surface area contributed by atoms with Gasteiger partial charge in [-0.15, -0.1) is 0 Å². The van der Waals surface area contributed by atoms with Crippen molar-refractivity contribution >= 4 is 5.91 Å². The molecule has 2 aliphatic heterocycles. The number of amides is 1. The zero-order chi connectivity index (χ0) is 72.2. The van der Waals surface area contributed by atoms with Crippen molar-refractivity contribution in [3.05, 3.63) is 134 Å². The minimum absolute atomic E-state index is 0.256. The van der Waals surface area contributed by atoms with E-state index in [0.29, 0.717) is 12.8 Å². The molecule has 100 heavy (non-hydrogen) atoms. The van der Waals surface area contributed by atoms with Gasteiger partial charge in [0.15, 0.2) is 12.6 Å². The lowest BCUT2D eigenvalue weighted by atomic mass is 9.97. The van der Waals surface area contributed by atoms with Gasteiger partial charge in [-0.05, 0) is 109 Å². The monoisotopic (exact) mass is 1400 g/mol. The van der Waals surface area contributed by atoms with Gasteiger partial charge >= 0.3 is 0 Å². The highest BCUT2D eigenvalue weighted by atomic mass is 16.7. The Kier molecular flexibility index (Phi) is 62.9. The van der Waals surface area contributed by atoms with E-state index in [9.17, 15) is 45.6 Å². The third kappa shape index (κ3) is 50.5. The first-order valence-corrected chi connectivity index (χ1v) is 40.4. The summed E-state index contributed by atoms with van der Waals surface area (Å²) >= 11 is 0. The zero-order valence-electron chi connectivity index (χ0n) is 62.9. The molecule has 1 amide bonds. The lowest BCUT2D eigenvalue weighted by Crippen LogP contribution is -2.65. The fourth-order valence-corrected chi connectivity index (χ4v) is 12.5. The van der Waals surface area contributed by atoms with Gasteiger partial charge < -0.3 is 65.1 Å². The van der Waals surface area contributed by atoms with E-state index in [0.717, 1.165) is 103 Å². The Morgan fingerprint density at radius 3 is 1.10 bits per heavy atom. The first-order valence-electron chi connectivity index (χ1n) is 40.4. The number of hydrogen-bond donors (Lipinski definition) is 9. The molecule has 2 aliphatic rings. The maximum absolute atomic E-state index is 13.4. The van der Waals surface area contributed by atoms with Crippen LogP contribution in [0.5, 0.6) is 0 Å². The van der Waals surface area contributed by atoms with Crippen molar-refractivity contribution in [2.24, 2.45) is 0 Å². The molecule has 0 bridgehead atoms. The number of rotatable bonds is 66. The van der Waals surface area contributed by atoms with Crippen molar-refractivity contribution in [3.63, 3.8) is 0 Å². The second-order valence-corrected chi connectivity index (χ2v) is 27.8. The summed E-state index contributed by atoms with van der Waals surface area (Å²) < 4.78 is 22.9. The fraction of sp³-hybridized carbons (Fsp3) is 0.733. The van der Waals surface area contributed by atoms with Gasteiger partial charge in [0.1, 0.15) is 48.8 Å². The van der Waals surface area contributed by atoms with Crippen LogP contribution in [0.3, 0.4) is 0 Å². The maximum atomic E-state index is 13.4. The molecule has 2 saturated heterocycles. The van der Waals surface area contributed by atoms with Crippen LogP contribution < -0.4 is 5.32 Å². The van der Waals surface area contributed by atoms with Crippen molar-refractivity contribution in [2.45, 2.75) is 383 Å². The number of allylic oxidation sites excluding steroid dienone is 21. The number of carbonyl (C=O) groups excluding carboxylic acids is 1. The molecule has 0 aromatic rings. The van der Waals surface area contributed by atoms with E-state index in [1.54, 1.807) is 6.08 Å². The smallest absolute Gasteiger partial charge is 0.220 e. The number of unbranched alkanes of at least 4 members (excludes halogenated alkanes) is 33. The normalized spacial score (nSPS) is 22.6. The Bertz CT molecular complexity index is 2200. The van der Waals surface area contributed by atoms with E-state index in [2.05, 4.69) is 141 Å². The van der Waals surface area contributed by atoms with Crippen LogP contribution in [0.4, 0.5) is 0 Å². The predicted octanol–water partition coefficient (Wildman–Crippen LogP) is 18.6. The van der Waals surface area contributed by atoms with Crippen molar-refractivity contribution in [1.29, 1.82) is 0 Å². The topological polar surface area (TPSA) is 228 Å². The summed E-state index contributed by atoms with van der Waals surface area (Å²) in [5.74, 6) is -0.256. The molecule has 12 atom stereocenters. The van der Waals surface area contributed by atoms with Gasteiger partial charge in [-0.3, -0.25) is 4.79 Å². The van der Waals surface area contributed by atoms with Crippen LogP contribution in [0.2, 0.25) is 0 Å². The van der Waals surface area contributed by atoms with Gasteiger partial charge in [-0.25, -0.2) is 0 Å². The van der Waals surface area contributed by atoms with E-state index >= 15 is 0 Å². The molecule has 0 aromatic heterocycles. The van der Waals surface area contributed by atoms with Gasteiger partial charge in [-0.1, -0.05) is 327 Å². The number of ether oxygens (including phenoxy) is 4. The zero-order valence-corrected chi connectivity index (χ0v) is 62.9. The molecule has 0 radical (unpaired) electrons. The Morgan fingerprint density at radius 2 is 0.700 bits per heavy atom. The number of hydrogen-bond acceptors (Lipinski definition) is 13. The molecular formula is C86H147NO13. The van der Waals surface area contributed by atoms with E-state index in [4.69, 9.17) is 18.9 Å². The molecule has 0 aliphatic carbocycles. The van der Waals surface area contributed by atoms with Crippen LogP contribution in [0, 0.1) is 0 Å². The van der Waals surface area contributed by atoms with Gasteiger partial charge in [-0.2, -0.15) is 0 Å². The quantitative estimate of drug-likeness (QED) is 0.0204. The molecule has 2 rings (SSSR count). The Hall–Kier alpha value is -3.87. The average Bonchev–Trinajstić information content (AvgIpc) is 0.796. The molecule has 2 fully saturated rings. The highest BCUT2D eigenvalue weighted by Crippen LogP contribution is 2.30. The van der Waals surface area contributed by atoms with Gasteiger partial charge in [0.25, 0.3) is 0 Å². The lowest BCUT2D eigenvalue weighted by Gasteiger charge is -2.46. The Morgan fingerprint density at radius 1 is 0.370 bits per heavy atom. The maximum Gasteiger partial charge on any atom is 0.220 e. The summed E-state index contributed by atoms with van der Waals surface area (Å²) in [6, 6.07) is -0.948. The SMILES string of the molecule is CC/C=C\C/C=C\C/C=C\C/C=C\C/C=C\C/C=C\C/C=C\C/C=C\CCCCCCCCCCCCCCCCC(=O)NC(COC1OC(CO)C(OC2OC(CO)C(O)C(O)C2O)C(O)C1O)C(O)/C=C/CC/C=C/CC/C=C/CCCCCCCCCCCCCCCCCCC. The summed E-state index contributed by atoms with van der Waals surface area (Å²) in [6.45, 7) is 2.69. The van der Waals surface area contributed by atoms with Gasteiger partial charge in [0, 0.05) is 6.42 Å². The standard InChI is InChI=1S/C86H147NO13/c1-3-5-7-9-11-13-15-17-19-21-23-25-27-29-31-32-33-34-35-36-37-38-39-40-41-42-44-46-48-50-52-54-56-58-60-62-64-66-68-70-78(91)87-74(73-97-85-83(96)81(94)84(77(72-89)99-85)100-86-82(95)80(93)79(92)76(71-88)98-86)75(90)69-67-65-63-61-59-57-55-53-51-49-47-45-43-30-28-26-24-22-20-18-16-14-12-10-8-6-4-2/h5,7,11,13,17,19,23,25,29,31,33-34,36-37,39-40,51,53,59,61,67,69,74-77,79-86,88-90,92-96H,3-4,6,8-10,12,14-16,18,20-22,24,26-28,30,32,35,38,41-50,52,54-58,60,62-66,68,70-73H2,1-2H3,(H,87,91)/b7-5-,13-11-,19-17-,25-23-,31-29-,34-33-,37-36-,40-39-,53-51+,61-59+,69-67+. The summed E-state index contributed by atoms with van der Waals surface area (Å²) in [5.41, 5.74) is 0. The van der Waals surface area contributed by atoms with Crippen LogP contribution in [0.25, 0.3) is 0 Å². The third-order valence-electron chi connectivity index (χ3n) is 18.8. The Labute approximate surface area is 609 Å². The highest BCUT2D eigenvalue weighted by Gasteiger charge is 2.51. The highest BCUT2D eigenvalue weighted by molar-refractivity contribution is 5.76. The second kappa shape index (κ2) is 68.3. The molecule has 0 aromatic carbocycles. The number of nitrogens with one attached hydrogen (secondary N) is 1. The van der Waals surface area contributed by atoms with Crippen molar-refractivity contribution < 1.29 is 64.6 Å². The first-order chi connectivity index (χ1) is 49.1. The van der Waals surface area contributed by atoms with Crippen LogP contribution in [-0.4, -0.2) is 140 Å². The molecular weight excluding hydrogens is 1250 g/mol. The second-order valence-electron chi connectivity index (χ2n) is 27.8. The van der Waals surface area contributed by atoms with Crippen LogP contribution >= 0.6 is 0 Å². The predicted molar refractivity (Wildman–Crippen MR) is 415 cm³/mol. The van der Waals surface area contributed by atoms with Crippen LogP contribution in [-0.2, 0) is 23.7 Å². The molecule has 574 valence electrons. The number of aliphatic hydroxyl groups excluding tert-OH is 8. The lowest BCUT2D eigenvalue weighted by molar-refractivity contribution is -0.359. The van der Waals surface area contributed by atoms with E-state index in [-0.39, 0.29) is 18.9 Å². The first kappa shape index (κ1) is 92.2. The summed E-state index contributed by atoms with van der Waals surface area (Å²) in [7, 11) is 0. The van der Waals surface area contributed by atoms with Crippen molar-refractivity contribution in [3.8, 4) is 0 Å². The van der Waals surface area contributed by atoms with E-state index in [1.807, 2.05) is 6.08 Å². The third-order valence-corrected chi connectivity index (χ3v) is 18.8. The molecule has 0 spiro atoms. The number of aliphatic hydroxyl groups is 8. The summed E-state index contributed by atoms with van der Waals surface area (Å²) in [5, 5.41) is 87.6. The molecule has 14 heteroatoms. The summed E-state index contributed by atoms with van der Waals surface area (Å²) in [6.07, 6.45) is 85.3. The van der Waals surface area contributed by atoms with Crippen LogP contribution in [0.15, 0.2) is 134 Å².